The molecule has 1 aromatic rings. The van der Waals surface area contributed by atoms with Crippen LogP contribution in [0.5, 0.6) is 11.5 Å². The number of methoxy groups -OCH3 is 4. The standard InChI is InChI=1S/C32H38N2O14S/c1-14-26(36)22(47-30(39)16-11-20(43-4)21(44-5)12-18(16)33-29(38)15(2)42-3)13-23(46-14)48-28-27(37)25(34-31(40)45-6)24-17(8-10-49)32(28,41)9-7-19(24)35/h7-9,11-12,14,19,22-23,26,28,35-36,41,49H,2,10,13H2,1,3-6H3,(H,33,38)(H,34,40)/b17-8+/t14-,19-,22-,23?,26?,28+,32+/m0/s1. The molecule has 1 aliphatic heterocycles. The van der Waals surface area contributed by atoms with E-state index >= 15 is 0 Å². The number of carbonyl (C=O) groups is 4. The molecule has 0 saturated carbocycles. The second kappa shape index (κ2) is 15.4. The topological polar surface area (TPSA) is 218 Å². The largest absolute Gasteiger partial charge is 0.493 e. The summed E-state index contributed by atoms with van der Waals surface area (Å²) in [6.45, 7) is 4.97. The number of hydrogen-bond donors (Lipinski definition) is 6. The highest BCUT2D eigenvalue weighted by molar-refractivity contribution is 7.80. The van der Waals surface area contributed by atoms with E-state index in [-0.39, 0.29) is 57.5 Å². The van der Waals surface area contributed by atoms with E-state index in [1.807, 2.05) is 0 Å². The van der Waals surface area contributed by atoms with Crippen LogP contribution in [0, 0.1) is 0 Å². The lowest BCUT2D eigenvalue weighted by atomic mass is 9.70. The number of carbonyl (C=O) groups excluding carboxylic acids is 4. The lowest BCUT2D eigenvalue weighted by Gasteiger charge is -2.46. The zero-order valence-corrected chi connectivity index (χ0v) is 28.1. The summed E-state index contributed by atoms with van der Waals surface area (Å²) in [4.78, 5) is 52.2. The summed E-state index contributed by atoms with van der Waals surface area (Å²) < 4.78 is 37.7. The first-order chi connectivity index (χ1) is 23.2. The van der Waals surface area contributed by atoms with E-state index in [0.717, 1.165) is 7.11 Å². The van der Waals surface area contributed by atoms with Crippen LogP contribution < -0.4 is 20.1 Å². The number of hydrogen-bond acceptors (Lipinski definition) is 15. The van der Waals surface area contributed by atoms with Crippen molar-refractivity contribution in [1.29, 1.82) is 0 Å². The number of Topliss-reactive ketones (excluding diaryl/α,β-unsaturated/α-hetero) is 1. The Bertz CT molecular complexity index is 1610. The summed E-state index contributed by atoms with van der Waals surface area (Å²) in [6, 6.07) is 2.59. The summed E-state index contributed by atoms with van der Waals surface area (Å²) >= 11 is 4.20. The maximum Gasteiger partial charge on any atom is 0.411 e. The van der Waals surface area contributed by atoms with Crippen LogP contribution in [0.15, 0.2) is 59.5 Å². The number of benzene rings is 1. The van der Waals surface area contributed by atoms with Crippen molar-refractivity contribution in [3.63, 3.8) is 0 Å². The van der Waals surface area contributed by atoms with Crippen LogP contribution in [0.3, 0.4) is 0 Å². The highest BCUT2D eigenvalue weighted by Gasteiger charge is 2.55. The van der Waals surface area contributed by atoms with Gasteiger partial charge in [0, 0.05) is 29.9 Å². The van der Waals surface area contributed by atoms with Crippen molar-refractivity contribution in [2.75, 3.05) is 39.5 Å². The zero-order valence-electron chi connectivity index (χ0n) is 27.3. The number of aliphatic hydroxyl groups excluding tert-OH is 2. The van der Waals surface area contributed by atoms with Crippen LogP contribution in [0.1, 0.15) is 23.7 Å². The van der Waals surface area contributed by atoms with Crippen molar-refractivity contribution in [3.8, 4) is 11.5 Å². The Morgan fingerprint density at radius 2 is 1.78 bits per heavy atom. The van der Waals surface area contributed by atoms with E-state index < -0.39 is 66.2 Å². The molecule has 2 aliphatic carbocycles. The van der Waals surface area contributed by atoms with Gasteiger partial charge in [-0.25, -0.2) is 9.59 Å². The SMILES string of the molecule is C=C(OC)C(=O)Nc1cc(OC)c(OC)cc1C(=O)O[C@H]1CC(O[C@@H]2C(=O)C(NC(=O)OC)=C3/C(=C\CS)[C@]2(O)C=C[C@@H]3O)O[C@@H](C)C1O. The Labute approximate surface area is 286 Å². The molecule has 266 valence electrons. The Morgan fingerprint density at radius 1 is 1.10 bits per heavy atom. The van der Waals surface area contributed by atoms with Gasteiger partial charge in [0.15, 0.2) is 29.7 Å². The molecule has 1 saturated heterocycles. The third-order valence-corrected chi connectivity index (χ3v) is 8.28. The van der Waals surface area contributed by atoms with E-state index in [2.05, 4.69) is 34.6 Å². The second-order valence-corrected chi connectivity index (χ2v) is 11.4. The highest BCUT2D eigenvalue weighted by Crippen LogP contribution is 2.44. The number of amides is 2. The normalized spacial score (nSPS) is 28.4. The molecule has 0 radical (unpaired) electrons. The molecule has 7 atom stereocenters. The van der Waals surface area contributed by atoms with Crippen molar-refractivity contribution in [2.45, 2.75) is 55.8 Å². The number of thiol groups is 1. The van der Waals surface area contributed by atoms with Crippen molar-refractivity contribution in [3.05, 3.63) is 65.1 Å². The minimum atomic E-state index is -2.14. The maximum atomic E-state index is 13.8. The van der Waals surface area contributed by atoms with Gasteiger partial charge in [-0.3, -0.25) is 14.9 Å². The Morgan fingerprint density at radius 3 is 2.39 bits per heavy atom. The average Bonchev–Trinajstić information content (AvgIpc) is 3.08. The summed E-state index contributed by atoms with van der Waals surface area (Å²) in [5.41, 5.74) is -2.76. The van der Waals surface area contributed by atoms with E-state index in [1.54, 1.807) is 0 Å². The quantitative estimate of drug-likeness (QED) is 0.0620. The van der Waals surface area contributed by atoms with E-state index in [9.17, 15) is 34.5 Å². The van der Waals surface area contributed by atoms with Gasteiger partial charge in [-0.05, 0) is 18.6 Å². The lowest BCUT2D eigenvalue weighted by molar-refractivity contribution is -0.267. The van der Waals surface area contributed by atoms with Gasteiger partial charge < -0.3 is 53.8 Å². The third kappa shape index (κ3) is 7.46. The Balaban J connectivity index is 1.65. The van der Waals surface area contributed by atoms with Crippen molar-refractivity contribution in [1.82, 2.24) is 5.32 Å². The number of rotatable bonds is 11. The van der Waals surface area contributed by atoms with E-state index in [0.29, 0.717) is 0 Å². The summed E-state index contributed by atoms with van der Waals surface area (Å²) in [5.74, 6) is -2.54. The monoisotopic (exact) mass is 706 g/mol. The molecule has 1 heterocycles. The summed E-state index contributed by atoms with van der Waals surface area (Å²) in [7, 11) is 5.03. The molecule has 1 fully saturated rings. The zero-order chi connectivity index (χ0) is 36.2. The van der Waals surface area contributed by atoms with Crippen molar-refractivity contribution < 1.29 is 67.7 Å². The fourth-order valence-corrected chi connectivity index (χ4v) is 5.77. The van der Waals surface area contributed by atoms with Gasteiger partial charge in [-0.1, -0.05) is 18.7 Å². The third-order valence-electron chi connectivity index (χ3n) is 8.10. The van der Waals surface area contributed by atoms with Gasteiger partial charge in [0.05, 0.1) is 57.6 Å². The van der Waals surface area contributed by atoms with Gasteiger partial charge in [-0.15, -0.1) is 0 Å². The minimum absolute atomic E-state index is 0.0497. The molecule has 5 N–H and O–H groups in total. The number of esters is 1. The molecule has 0 aromatic heterocycles. The van der Waals surface area contributed by atoms with Gasteiger partial charge >= 0.3 is 12.1 Å². The summed E-state index contributed by atoms with van der Waals surface area (Å²) in [6.07, 6.45) is -5.64. The molecule has 2 amide bonds. The predicted molar refractivity (Wildman–Crippen MR) is 173 cm³/mol. The van der Waals surface area contributed by atoms with E-state index in [1.165, 1.54) is 58.6 Å². The highest BCUT2D eigenvalue weighted by atomic mass is 32.1. The molecule has 2 unspecified atom stereocenters. The molecular formula is C32H38N2O14S. The van der Waals surface area contributed by atoms with Crippen molar-refractivity contribution in [2.24, 2.45) is 0 Å². The number of ketones is 1. The Hall–Kier alpha value is -4.39. The molecule has 49 heavy (non-hydrogen) atoms. The smallest absolute Gasteiger partial charge is 0.411 e. The van der Waals surface area contributed by atoms with Crippen LogP contribution in [-0.4, -0.2) is 116 Å². The molecule has 2 bridgehead atoms. The molecule has 1 aromatic carbocycles. The van der Waals surface area contributed by atoms with Crippen LogP contribution in [0.25, 0.3) is 0 Å². The molecule has 3 aliphatic rings. The molecule has 17 heteroatoms. The fourth-order valence-electron chi connectivity index (χ4n) is 5.59. The molecule has 0 spiro atoms. The first-order valence-electron chi connectivity index (χ1n) is 14.8. The number of fused-ring (bicyclic) bond motifs is 2. The lowest BCUT2D eigenvalue weighted by Crippen LogP contribution is -2.60. The number of aliphatic hydroxyl groups is 3. The van der Waals surface area contributed by atoms with Gasteiger partial charge in [-0.2, -0.15) is 12.6 Å². The van der Waals surface area contributed by atoms with Crippen LogP contribution >= 0.6 is 12.6 Å². The van der Waals surface area contributed by atoms with Crippen LogP contribution in [0.2, 0.25) is 0 Å². The van der Waals surface area contributed by atoms with Gasteiger partial charge in [0.25, 0.3) is 5.91 Å². The first-order valence-corrected chi connectivity index (χ1v) is 15.4. The first kappa shape index (κ1) is 37.4. The fraction of sp³-hybridized carbons (Fsp3) is 0.438. The molecule has 4 rings (SSSR count). The summed E-state index contributed by atoms with van der Waals surface area (Å²) in [5, 5.41) is 38.3. The number of nitrogens with one attached hydrogen (secondary N) is 2. The van der Waals surface area contributed by atoms with Crippen LogP contribution in [-0.2, 0) is 33.3 Å². The number of alkyl carbamates (subject to hydrolysis) is 1. The van der Waals surface area contributed by atoms with E-state index in [4.69, 9.17) is 28.4 Å². The molecule has 16 nitrogen and oxygen atoms in total. The molecular weight excluding hydrogens is 668 g/mol. The van der Waals surface area contributed by atoms with Gasteiger partial charge in [0.1, 0.15) is 17.8 Å². The predicted octanol–water partition coefficient (Wildman–Crippen LogP) is 0.920. The minimum Gasteiger partial charge on any atom is -0.493 e. The number of anilines is 1. The Kier molecular flexibility index (Phi) is 11.8. The maximum absolute atomic E-state index is 13.8. The van der Waals surface area contributed by atoms with Gasteiger partial charge in [0.2, 0.25) is 5.78 Å². The van der Waals surface area contributed by atoms with Crippen molar-refractivity contribution >= 4 is 42.1 Å². The average molecular weight is 707 g/mol. The van der Waals surface area contributed by atoms with Crippen LogP contribution in [0.4, 0.5) is 10.5 Å². The number of ether oxygens (including phenoxy) is 7. The second-order valence-electron chi connectivity index (χ2n) is 11.0.